The lowest BCUT2D eigenvalue weighted by molar-refractivity contribution is 0.470. The van der Waals surface area contributed by atoms with E-state index in [4.69, 9.17) is 0 Å². The zero-order valence-electron chi connectivity index (χ0n) is 14.5. The predicted molar refractivity (Wildman–Crippen MR) is 90.3 cm³/mol. The quantitative estimate of drug-likeness (QED) is 0.841. The Hall–Kier alpha value is -1.80. The zero-order chi connectivity index (χ0) is 17.5. The SMILES string of the molecule is CCn1ncc(S(=O)(=O)N2CCC(c3nc(C)cc(C)n3)C2)c1C. The molecule has 130 valence electrons. The lowest BCUT2D eigenvalue weighted by Gasteiger charge is -2.16. The van der Waals surface area contributed by atoms with E-state index in [1.54, 1.807) is 11.6 Å². The standard InChI is InChI=1S/C16H23N5O2S/c1-5-21-13(4)15(9-17-21)24(22,23)20-7-6-14(10-20)16-18-11(2)8-12(3)19-16/h8-9,14H,5-7,10H2,1-4H3. The molecule has 0 saturated carbocycles. The Morgan fingerprint density at radius 1 is 1.21 bits per heavy atom. The van der Waals surface area contributed by atoms with Crippen LogP contribution in [0, 0.1) is 20.8 Å². The van der Waals surface area contributed by atoms with Crippen LogP contribution < -0.4 is 0 Å². The maximum atomic E-state index is 12.9. The molecule has 7 nitrogen and oxygen atoms in total. The second-order valence-corrected chi connectivity index (χ2v) is 8.17. The third-order valence-corrected chi connectivity index (χ3v) is 6.46. The number of hydrogen-bond donors (Lipinski definition) is 0. The van der Waals surface area contributed by atoms with Crippen LogP contribution in [0.4, 0.5) is 0 Å². The van der Waals surface area contributed by atoms with Crippen LogP contribution in [-0.4, -0.2) is 45.6 Å². The van der Waals surface area contributed by atoms with Gasteiger partial charge in [0.15, 0.2) is 0 Å². The van der Waals surface area contributed by atoms with Crippen LogP contribution in [0.2, 0.25) is 0 Å². The number of rotatable bonds is 4. The first-order chi connectivity index (χ1) is 11.3. The predicted octanol–water partition coefficient (Wildman–Crippen LogP) is 1.80. The van der Waals surface area contributed by atoms with Crippen molar-refractivity contribution in [2.45, 2.75) is 51.5 Å². The van der Waals surface area contributed by atoms with Crippen molar-refractivity contribution in [2.24, 2.45) is 0 Å². The summed E-state index contributed by atoms with van der Waals surface area (Å²) in [6.45, 7) is 9.17. The van der Waals surface area contributed by atoms with Gasteiger partial charge in [0, 0.05) is 36.9 Å². The number of aryl methyl sites for hydroxylation is 3. The van der Waals surface area contributed by atoms with Gasteiger partial charge in [0.05, 0.1) is 11.9 Å². The molecule has 0 bridgehead atoms. The molecule has 1 aliphatic heterocycles. The molecule has 24 heavy (non-hydrogen) atoms. The van der Waals surface area contributed by atoms with Gasteiger partial charge in [-0.05, 0) is 40.2 Å². The van der Waals surface area contributed by atoms with Gasteiger partial charge in [-0.25, -0.2) is 18.4 Å². The summed E-state index contributed by atoms with van der Waals surface area (Å²) in [5.74, 6) is 0.783. The highest BCUT2D eigenvalue weighted by Crippen LogP contribution is 2.30. The normalized spacial score (nSPS) is 19.1. The van der Waals surface area contributed by atoms with Gasteiger partial charge in [-0.15, -0.1) is 0 Å². The van der Waals surface area contributed by atoms with Crippen LogP contribution in [-0.2, 0) is 16.6 Å². The van der Waals surface area contributed by atoms with Crippen molar-refractivity contribution in [1.29, 1.82) is 0 Å². The van der Waals surface area contributed by atoms with Crippen molar-refractivity contribution >= 4 is 10.0 Å². The number of sulfonamides is 1. The van der Waals surface area contributed by atoms with E-state index in [2.05, 4.69) is 15.1 Å². The summed E-state index contributed by atoms with van der Waals surface area (Å²) in [4.78, 5) is 9.28. The Labute approximate surface area is 142 Å². The fourth-order valence-corrected chi connectivity index (χ4v) is 4.89. The average molecular weight is 349 g/mol. The minimum atomic E-state index is -3.53. The molecule has 0 aromatic carbocycles. The van der Waals surface area contributed by atoms with E-state index >= 15 is 0 Å². The van der Waals surface area contributed by atoms with E-state index in [1.807, 2.05) is 26.8 Å². The van der Waals surface area contributed by atoms with Crippen molar-refractivity contribution in [2.75, 3.05) is 13.1 Å². The molecule has 0 amide bonds. The number of nitrogens with zero attached hydrogens (tertiary/aromatic N) is 5. The first-order valence-electron chi connectivity index (χ1n) is 8.17. The molecule has 0 aliphatic carbocycles. The van der Waals surface area contributed by atoms with Crippen molar-refractivity contribution in [3.63, 3.8) is 0 Å². The molecule has 3 heterocycles. The van der Waals surface area contributed by atoms with Gasteiger partial charge in [-0.1, -0.05) is 0 Å². The van der Waals surface area contributed by atoms with Gasteiger partial charge >= 0.3 is 0 Å². The lowest BCUT2D eigenvalue weighted by atomic mass is 10.1. The van der Waals surface area contributed by atoms with Gasteiger partial charge in [0.25, 0.3) is 0 Å². The molecule has 1 aliphatic rings. The van der Waals surface area contributed by atoms with Crippen LogP contribution in [0.3, 0.4) is 0 Å². The molecule has 0 N–H and O–H groups in total. The smallest absolute Gasteiger partial charge is 0.246 e. The van der Waals surface area contributed by atoms with Gasteiger partial charge in [-0.2, -0.15) is 9.40 Å². The second-order valence-electron chi connectivity index (χ2n) is 6.27. The monoisotopic (exact) mass is 349 g/mol. The first kappa shape index (κ1) is 17.0. The summed E-state index contributed by atoms with van der Waals surface area (Å²) in [6, 6.07) is 1.93. The van der Waals surface area contributed by atoms with Crippen molar-refractivity contribution in [3.8, 4) is 0 Å². The second kappa shape index (κ2) is 6.25. The molecule has 8 heteroatoms. The van der Waals surface area contributed by atoms with E-state index in [9.17, 15) is 8.42 Å². The molecule has 1 atom stereocenters. The third kappa shape index (κ3) is 2.95. The molecule has 2 aromatic rings. The van der Waals surface area contributed by atoms with E-state index in [1.165, 1.54) is 10.5 Å². The van der Waals surface area contributed by atoms with Crippen molar-refractivity contribution in [3.05, 3.63) is 35.2 Å². The molecular formula is C16H23N5O2S. The van der Waals surface area contributed by atoms with Gasteiger partial charge in [0.1, 0.15) is 10.7 Å². The summed E-state index contributed by atoms with van der Waals surface area (Å²) in [5.41, 5.74) is 2.52. The minimum Gasteiger partial charge on any atom is -0.269 e. The van der Waals surface area contributed by atoms with Crippen LogP contribution in [0.25, 0.3) is 0 Å². The van der Waals surface area contributed by atoms with Gasteiger partial charge < -0.3 is 0 Å². The topological polar surface area (TPSA) is 81.0 Å². The Morgan fingerprint density at radius 2 is 1.88 bits per heavy atom. The van der Waals surface area contributed by atoms with E-state index in [0.717, 1.165) is 23.6 Å². The summed E-state index contributed by atoms with van der Waals surface area (Å²) in [5, 5.41) is 4.16. The Balaban J connectivity index is 1.85. The molecule has 1 fully saturated rings. The largest absolute Gasteiger partial charge is 0.269 e. The molecular weight excluding hydrogens is 326 g/mol. The Bertz CT molecular complexity index is 839. The Kier molecular flexibility index (Phi) is 4.44. The minimum absolute atomic E-state index is 0.0416. The highest BCUT2D eigenvalue weighted by molar-refractivity contribution is 7.89. The van der Waals surface area contributed by atoms with E-state index in [0.29, 0.717) is 30.2 Å². The molecule has 1 unspecified atom stereocenters. The van der Waals surface area contributed by atoms with Crippen molar-refractivity contribution in [1.82, 2.24) is 24.1 Å². The molecule has 0 spiro atoms. The summed E-state index contributed by atoms with van der Waals surface area (Å²) >= 11 is 0. The maximum Gasteiger partial charge on any atom is 0.246 e. The summed E-state index contributed by atoms with van der Waals surface area (Å²) < 4.78 is 29.1. The van der Waals surface area contributed by atoms with Gasteiger partial charge in [-0.3, -0.25) is 4.68 Å². The summed E-state index contributed by atoms with van der Waals surface area (Å²) in [6.07, 6.45) is 2.19. The third-order valence-electron chi connectivity index (χ3n) is 4.49. The lowest BCUT2D eigenvalue weighted by Crippen LogP contribution is -2.29. The highest BCUT2D eigenvalue weighted by Gasteiger charge is 2.36. The molecule has 1 saturated heterocycles. The Morgan fingerprint density at radius 3 is 2.46 bits per heavy atom. The van der Waals surface area contributed by atoms with E-state index in [-0.39, 0.29) is 5.92 Å². The summed E-state index contributed by atoms with van der Waals surface area (Å²) in [7, 11) is -3.53. The fourth-order valence-electron chi connectivity index (χ4n) is 3.23. The fraction of sp³-hybridized carbons (Fsp3) is 0.562. The van der Waals surface area contributed by atoms with Crippen LogP contribution >= 0.6 is 0 Å². The van der Waals surface area contributed by atoms with Gasteiger partial charge in [0.2, 0.25) is 10.0 Å². The van der Waals surface area contributed by atoms with E-state index < -0.39 is 10.0 Å². The molecule has 3 rings (SSSR count). The van der Waals surface area contributed by atoms with Crippen LogP contribution in [0.15, 0.2) is 17.2 Å². The highest BCUT2D eigenvalue weighted by atomic mass is 32.2. The zero-order valence-corrected chi connectivity index (χ0v) is 15.3. The number of aromatic nitrogens is 4. The molecule has 0 radical (unpaired) electrons. The first-order valence-corrected chi connectivity index (χ1v) is 9.61. The van der Waals surface area contributed by atoms with Crippen LogP contribution in [0.5, 0.6) is 0 Å². The number of hydrogen-bond acceptors (Lipinski definition) is 5. The van der Waals surface area contributed by atoms with Crippen LogP contribution in [0.1, 0.15) is 42.2 Å². The maximum absolute atomic E-state index is 12.9. The average Bonchev–Trinajstić information content (AvgIpc) is 3.13. The molecule has 2 aromatic heterocycles. The van der Waals surface area contributed by atoms with Crippen molar-refractivity contribution < 1.29 is 8.42 Å².